The fourth-order valence-electron chi connectivity index (χ4n) is 2.05. The fraction of sp³-hybridized carbons (Fsp3) is 0.385. The van der Waals surface area contributed by atoms with Crippen LogP contribution in [0.2, 0.25) is 0 Å². The van der Waals surface area contributed by atoms with Crippen LogP contribution in [-0.4, -0.2) is 36.2 Å². The van der Waals surface area contributed by atoms with Crippen LogP contribution in [0.3, 0.4) is 0 Å². The average Bonchev–Trinajstić information content (AvgIpc) is 2.82. The molecule has 20 heavy (non-hydrogen) atoms. The molecule has 2 atom stereocenters. The van der Waals surface area contributed by atoms with Crippen molar-refractivity contribution in [2.45, 2.75) is 13.0 Å². The van der Waals surface area contributed by atoms with Gasteiger partial charge >= 0.3 is 5.97 Å². The molecule has 2 rings (SSSR count). The lowest BCUT2D eigenvalue weighted by Gasteiger charge is -2.16. The molecule has 0 spiro atoms. The minimum absolute atomic E-state index is 0.00222. The van der Waals surface area contributed by atoms with Gasteiger partial charge in [0, 0.05) is 0 Å². The van der Waals surface area contributed by atoms with Gasteiger partial charge in [-0.1, -0.05) is 6.07 Å². The first-order valence-corrected chi connectivity index (χ1v) is 5.98. The molecule has 1 aliphatic heterocycles. The summed E-state index contributed by atoms with van der Waals surface area (Å²) in [6.45, 7) is 1.36. The zero-order chi connectivity index (χ0) is 14.9. The first-order chi connectivity index (χ1) is 9.41. The van der Waals surface area contributed by atoms with E-state index in [9.17, 15) is 18.4 Å². The molecule has 5 nitrogen and oxygen atoms in total. The Morgan fingerprint density at radius 1 is 1.35 bits per heavy atom. The highest BCUT2D eigenvalue weighted by atomic mass is 19.1. The van der Waals surface area contributed by atoms with E-state index in [2.05, 4.69) is 5.32 Å². The van der Waals surface area contributed by atoms with E-state index >= 15 is 0 Å². The van der Waals surface area contributed by atoms with Crippen LogP contribution in [0.4, 0.5) is 8.78 Å². The maximum Gasteiger partial charge on any atom is 0.311 e. The Kier molecular flexibility index (Phi) is 3.99. The lowest BCUT2D eigenvalue weighted by Crippen LogP contribution is -2.43. The van der Waals surface area contributed by atoms with Crippen LogP contribution < -0.4 is 5.32 Å². The van der Waals surface area contributed by atoms with E-state index in [1.165, 1.54) is 13.0 Å². The lowest BCUT2D eigenvalue weighted by atomic mass is 10.0. The van der Waals surface area contributed by atoms with E-state index in [1.54, 1.807) is 0 Å². The highest BCUT2D eigenvalue weighted by molar-refractivity contribution is 5.95. The molecule has 1 heterocycles. The number of aliphatic carboxylic acids is 1. The number of rotatable bonds is 3. The summed E-state index contributed by atoms with van der Waals surface area (Å²) in [6.07, 6.45) is 0. The third kappa shape index (κ3) is 2.62. The zero-order valence-electron chi connectivity index (χ0n) is 10.7. The molecular weight excluding hydrogens is 272 g/mol. The molecule has 7 heteroatoms. The van der Waals surface area contributed by atoms with Crippen LogP contribution in [0.25, 0.3) is 0 Å². The number of hydrogen-bond acceptors (Lipinski definition) is 3. The van der Waals surface area contributed by atoms with Crippen molar-refractivity contribution in [1.82, 2.24) is 5.32 Å². The largest absolute Gasteiger partial charge is 0.481 e. The van der Waals surface area contributed by atoms with E-state index < -0.39 is 41.0 Å². The third-order valence-electron chi connectivity index (χ3n) is 3.23. The smallest absolute Gasteiger partial charge is 0.311 e. The van der Waals surface area contributed by atoms with Crippen LogP contribution in [0.1, 0.15) is 15.9 Å². The Bertz CT molecular complexity index is 562. The SMILES string of the molecule is Cc1ccc(F)c(C(=O)NC2COCC2C(=O)O)c1F. The quantitative estimate of drug-likeness (QED) is 0.872. The molecule has 1 aromatic carbocycles. The molecule has 0 saturated carbocycles. The Labute approximate surface area is 113 Å². The lowest BCUT2D eigenvalue weighted by molar-refractivity contribution is -0.142. The van der Waals surface area contributed by atoms with Crippen molar-refractivity contribution >= 4 is 11.9 Å². The minimum atomic E-state index is -1.13. The number of carbonyl (C=O) groups is 2. The van der Waals surface area contributed by atoms with Gasteiger partial charge in [-0.3, -0.25) is 9.59 Å². The van der Waals surface area contributed by atoms with Gasteiger partial charge in [0.05, 0.1) is 19.3 Å². The fourth-order valence-corrected chi connectivity index (χ4v) is 2.05. The molecular formula is C13H13F2NO4. The van der Waals surface area contributed by atoms with Gasteiger partial charge in [-0.2, -0.15) is 0 Å². The van der Waals surface area contributed by atoms with Crippen molar-refractivity contribution in [3.63, 3.8) is 0 Å². The number of carboxylic acids is 1. The highest BCUT2D eigenvalue weighted by Crippen LogP contribution is 2.19. The van der Waals surface area contributed by atoms with Gasteiger partial charge in [0.2, 0.25) is 0 Å². The zero-order valence-corrected chi connectivity index (χ0v) is 10.7. The molecule has 2 unspecified atom stereocenters. The molecule has 1 amide bonds. The van der Waals surface area contributed by atoms with Crippen LogP contribution >= 0.6 is 0 Å². The molecule has 0 aliphatic carbocycles. The normalized spacial score (nSPS) is 21.8. The van der Waals surface area contributed by atoms with E-state index in [4.69, 9.17) is 9.84 Å². The second kappa shape index (κ2) is 5.54. The predicted molar refractivity (Wildman–Crippen MR) is 64.3 cm³/mol. The van der Waals surface area contributed by atoms with Gasteiger partial charge in [0.15, 0.2) is 0 Å². The summed E-state index contributed by atoms with van der Waals surface area (Å²) < 4.78 is 32.3. The van der Waals surface area contributed by atoms with Crippen LogP contribution in [0.15, 0.2) is 12.1 Å². The van der Waals surface area contributed by atoms with Gasteiger partial charge in [-0.25, -0.2) is 8.78 Å². The Morgan fingerprint density at radius 3 is 2.70 bits per heavy atom. The number of hydrogen-bond donors (Lipinski definition) is 2. The predicted octanol–water partition coefficient (Wildman–Crippen LogP) is 1.10. The Morgan fingerprint density at radius 2 is 2.05 bits per heavy atom. The van der Waals surface area contributed by atoms with Crippen molar-refractivity contribution in [1.29, 1.82) is 0 Å². The summed E-state index contributed by atoms with van der Waals surface area (Å²) in [5, 5.41) is 11.3. The average molecular weight is 285 g/mol. The second-order valence-electron chi connectivity index (χ2n) is 4.62. The van der Waals surface area contributed by atoms with Crippen molar-refractivity contribution in [2.75, 3.05) is 13.2 Å². The van der Waals surface area contributed by atoms with E-state index in [0.717, 1.165) is 6.07 Å². The number of amides is 1. The van der Waals surface area contributed by atoms with Crippen LogP contribution in [-0.2, 0) is 9.53 Å². The summed E-state index contributed by atoms with van der Waals surface area (Å²) in [6, 6.07) is 1.41. The molecule has 0 radical (unpaired) electrons. The van der Waals surface area contributed by atoms with Crippen molar-refractivity contribution in [2.24, 2.45) is 5.92 Å². The molecule has 108 valence electrons. The molecule has 1 fully saturated rings. The maximum absolute atomic E-state index is 13.8. The third-order valence-corrected chi connectivity index (χ3v) is 3.23. The first kappa shape index (κ1) is 14.4. The van der Waals surface area contributed by atoms with Crippen LogP contribution in [0.5, 0.6) is 0 Å². The summed E-state index contributed by atoms with van der Waals surface area (Å²) in [4.78, 5) is 22.9. The molecule has 0 aromatic heterocycles. The second-order valence-corrected chi connectivity index (χ2v) is 4.62. The number of carbonyl (C=O) groups excluding carboxylic acids is 1. The Hall–Kier alpha value is -2.02. The molecule has 2 N–H and O–H groups in total. The number of aryl methyl sites for hydroxylation is 1. The van der Waals surface area contributed by atoms with Crippen molar-refractivity contribution in [3.8, 4) is 0 Å². The number of ether oxygens (including phenoxy) is 1. The summed E-state index contributed by atoms with van der Waals surface area (Å²) in [5.41, 5.74) is -0.574. The standard InChI is InChI=1S/C13H13F2NO4/c1-6-2-3-8(14)10(11(6)15)12(17)16-9-5-20-4-7(9)13(18)19/h2-3,7,9H,4-5H2,1H3,(H,16,17)(H,18,19). The van der Waals surface area contributed by atoms with E-state index in [0.29, 0.717) is 0 Å². The summed E-state index contributed by atoms with van der Waals surface area (Å²) in [5.74, 6) is -4.97. The highest BCUT2D eigenvalue weighted by Gasteiger charge is 2.36. The topological polar surface area (TPSA) is 75.6 Å². The summed E-state index contributed by atoms with van der Waals surface area (Å²) >= 11 is 0. The molecule has 1 aliphatic rings. The number of halogens is 2. The number of carboxylic acid groups (broad SMARTS) is 1. The van der Waals surface area contributed by atoms with Crippen molar-refractivity contribution in [3.05, 3.63) is 34.9 Å². The van der Waals surface area contributed by atoms with Crippen molar-refractivity contribution < 1.29 is 28.2 Å². The number of benzene rings is 1. The van der Waals surface area contributed by atoms with Gasteiger partial charge in [-0.05, 0) is 18.6 Å². The Balaban J connectivity index is 2.21. The van der Waals surface area contributed by atoms with E-state index in [1.807, 2.05) is 0 Å². The van der Waals surface area contributed by atoms with Crippen LogP contribution in [0, 0.1) is 24.5 Å². The van der Waals surface area contributed by atoms with E-state index in [-0.39, 0.29) is 18.8 Å². The monoisotopic (exact) mass is 285 g/mol. The summed E-state index contributed by atoms with van der Waals surface area (Å²) in [7, 11) is 0. The molecule has 0 bridgehead atoms. The minimum Gasteiger partial charge on any atom is -0.481 e. The molecule has 1 saturated heterocycles. The number of nitrogens with one attached hydrogen (secondary N) is 1. The van der Waals surface area contributed by atoms with Gasteiger partial charge in [0.1, 0.15) is 23.1 Å². The molecule has 1 aromatic rings. The van der Waals surface area contributed by atoms with Gasteiger partial charge in [0.25, 0.3) is 5.91 Å². The van der Waals surface area contributed by atoms with Gasteiger partial charge in [-0.15, -0.1) is 0 Å². The maximum atomic E-state index is 13.8. The first-order valence-electron chi connectivity index (χ1n) is 5.98. The van der Waals surface area contributed by atoms with Gasteiger partial charge < -0.3 is 15.2 Å².